The van der Waals surface area contributed by atoms with Crippen LogP contribution in [-0.2, 0) is 9.59 Å². The van der Waals surface area contributed by atoms with E-state index in [0.29, 0.717) is 22.5 Å². The van der Waals surface area contributed by atoms with Crippen LogP contribution in [0.4, 0.5) is 5.69 Å². The van der Waals surface area contributed by atoms with E-state index in [1.807, 2.05) is 36.1 Å². The van der Waals surface area contributed by atoms with Crippen molar-refractivity contribution in [1.82, 2.24) is 4.90 Å². The van der Waals surface area contributed by atoms with Crippen LogP contribution in [0.5, 0.6) is 0 Å². The van der Waals surface area contributed by atoms with Crippen molar-refractivity contribution in [2.45, 2.75) is 19.8 Å². The first-order valence-corrected chi connectivity index (χ1v) is 9.05. The van der Waals surface area contributed by atoms with Crippen molar-refractivity contribution in [3.8, 4) is 6.07 Å². The number of amides is 2. The maximum atomic E-state index is 13.3. The quantitative estimate of drug-likeness (QED) is 0.791. The number of hydrogen-bond donors (Lipinski definition) is 0. The van der Waals surface area contributed by atoms with Gasteiger partial charge < -0.3 is 4.90 Å². The Morgan fingerprint density at radius 2 is 1.52 bits per heavy atom. The van der Waals surface area contributed by atoms with Gasteiger partial charge >= 0.3 is 0 Å². The minimum absolute atomic E-state index is 0.290. The molecule has 0 aromatic heterocycles. The van der Waals surface area contributed by atoms with E-state index in [-0.39, 0.29) is 11.8 Å². The van der Waals surface area contributed by atoms with Crippen LogP contribution in [0.25, 0.3) is 5.57 Å². The van der Waals surface area contributed by atoms with Gasteiger partial charge in [0, 0.05) is 13.1 Å². The zero-order chi connectivity index (χ0) is 19.0. The Labute approximate surface area is 158 Å². The Balaban J connectivity index is 1.81. The summed E-state index contributed by atoms with van der Waals surface area (Å²) in [6, 6.07) is 16.3. The fourth-order valence-corrected chi connectivity index (χ4v) is 3.65. The lowest BCUT2D eigenvalue weighted by Gasteiger charge is -2.20. The SMILES string of the molecule is Cc1ccc(C2=C(N3CCCC3)C(=O)N(c3ccc(C#N)cc3)C2=O)cc1. The standard InChI is InChI=1S/C22H19N3O2/c1-15-4-8-17(9-5-15)19-20(24-12-2-3-13-24)22(27)25(21(19)26)18-10-6-16(14-23)7-11-18/h4-11H,2-3,12-13H2,1H3. The molecule has 5 nitrogen and oxygen atoms in total. The molecular formula is C22H19N3O2. The zero-order valence-electron chi connectivity index (χ0n) is 15.1. The van der Waals surface area contributed by atoms with Gasteiger partial charge in [-0.1, -0.05) is 29.8 Å². The highest BCUT2D eigenvalue weighted by atomic mass is 16.2. The first-order chi connectivity index (χ1) is 13.1. The number of nitrogens with zero attached hydrogens (tertiary/aromatic N) is 3. The van der Waals surface area contributed by atoms with Crippen molar-refractivity contribution in [2.24, 2.45) is 0 Å². The third-order valence-electron chi connectivity index (χ3n) is 5.08. The minimum Gasteiger partial charge on any atom is -0.366 e. The molecule has 0 unspecified atom stereocenters. The number of anilines is 1. The average Bonchev–Trinajstić information content (AvgIpc) is 3.29. The fraction of sp³-hybridized carbons (Fsp3) is 0.227. The van der Waals surface area contributed by atoms with Crippen molar-refractivity contribution in [3.63, 3.8) is 0 Å². The summed E-state index contributed by atoms with van der Waals surface area (Å²) >= 11 is 0. The third kappa shape index (κ3) is 2.89. The highest BCUT2D eigenvalue weighted by Crippen LogP contribution is 2.36. The number of nitriles is 1. The molecule has 2 heterocycles. The Hall–Kier alpha value is -3.39. The van der Waals surface area contributed by atoms with Gasteiger partial charge in [0.2, 0.25) is 0 Å². The van der Waals surface area contributed by atoms with Gasteiger partial charge in [-0.2, -0.15) is 5.26 Å². The van der Waals surface area contributed by atoms with Crippen LogP contribution in [0.3, 0.4) is 0 Å². The normalized spacial score (nSPS) is 17.0. The summed E-state index contributed by atoms with van der Waals surface area (Å²) in [5.41, 5.74) is 3.80. The van der Waals surface area contributed by atoms with E-state index in [1.54, 1.807) is 24.3 Å². The molecule has 2 aliphatic rings. The van der Waals surface area contributed by atoms with Crippen LogP contribution in [-0.4, -0.2) is 29.8 Å². The highest BCUT2D eigenvalue weighted by molar-refractivity contribution is 6.45. The monoisotopic (exact) mass is 357 g/mol. The molecule has 2 aromatic carbocycles. The lowest BCUT2D eigenvalue weighted by atomic mass is 10.0. The van der Waals surface area contributed by atoms with E-state index < -0.39 is 0 Å². The molecule has 1 fully saturated rings. The van der Waals surface area contributed by atoms with Gasteiger partial charge in [-0.3, -0.25) is 9.59 Å². The first kappa shape index (κ1) is 17.0. The van der Waals surface area contributed by atoms with Crippen molar-refractivity contribution < 1.29 is 9.59 Å². The van der Waals surface area contributed by atoms with E-state index in [2.05, 4.69) is 6.07 Å². The Bertz CT molecular complexity index is 976. The minimum atomic E-state index is -0.310. The maximum absolute atomic E-state index is 13.3. The van der Waals surface area contributed by atoms with E-state index in [0.717, 1.165) is 37.1 Å². The molecule has 4 rings (SSSR count). The second-order valence-corrected chi connectivity index (χ2v) is 6.89. The number of carbonyl (C=O) groups is 2. The molecule has 0 aliphatic carbocycles. The number of rotatable bonds is 3. The van der Waals surface area contributed by atoms with Crippen LogP contribution in [0, 0.1) is 18.3 Å². The van der Waals surface area contributed by atoms with Crippen LogP contribution in [0.15, 0.2) is 54.2 Å². The van der Waals surface area contributed by atoms with Crippen molar-refractivity contribution >= 4 is 23.1 Å². The molecule has 134 valence electrons. The smallest absolute Gasteiger partial charge is 0.282 e. The van der Waals surface area contributed by atoms with Crippen LogP contribution < -0.4 is 4.90 Å². The van der Waals surface area contributed by atoms with Gasteiger partial charge in [0.1, 0.15) is 5.70 Å². The van der Waals surface area contributed by atoms with Gasteiger partial charge in [-0.25, -0.2) is 4.90 Å². The van der Waals surface area contributed by atoms with E-state index in [1.165, 1.54) is 4.90 Å². The Morgan fingerprint density at radius 1 is 0.889 bits per heavy atom. The Morgan fingerprint density at radius 3 is 2.11 bits per heavy atom. The fourth-order valence-electron chi connectivity index (χ4n) is 3.65. The summed E-state index contributed by atoms with van der Waals surface area (Å²) in [5.74, 6) is -0.599. The summed E-state index contributed by atoms with van der Waals surface area (Å²) in [4.78, 5) is 29.8. The first-order valence-electron chi connectivity index (χ1n) is 9.05. The molecule has 2 aliphatic heterocycles. The molecule has 0 atom stereocenters. The summed E-state index contributed by atoms with van der Waals surface area (Å²) in [6.07, 6.45) is 2.03. The molecule has 1 saturated heterocycles. The predicted octanol–water partition coefficient (Wildman–Crippen LogP) is 3.25. The molecule has 0 N–H and O–H groups in total. The molecule has 0 saturated carbocycles. The number of aryl methyl sites for hydroxylation is 1. The second-order valence-electron chi connectivity index (χ2n) is 6.89. The second kappa shape index (κ2) is 6.73. The third-order valence-corrected chi connectivity index (χ3v) is 5.08. The molecule has 2 amide bonds. The zero-order valence-corrected chi connectivity index (χ0v) is 15.1. The van der Waals surface area contributed by atoms with Crippen molar-refractivity contribution in [2.75, 3.05) is 18.0 Å². The summed E-state index contributed by atoms with van der Waals surface area (Å²) < 4.78 is 0. The Kier molecular flexibility index (Phi) is 4.25. The van der Waals surface area contributed by atoms with Crippen molar-refractivity contribution in [1.29, 1.82) is 5.26 Å². The van der Waals surface area contributed by atoms with Gasteiger partial charge in [0.15, 0.2) is 0 Å². The molecule has 2 aromatic rings. The van der Waals surface area contributed by atoms with E-state index in [9.17, 15) is 9.59 Å². The number of benzene rings is 2. The van der Waals surface area contributed by atoms with Gasteiger partial charge in [-0.05, 0) is 49.6 Å². The molecule has 0 radical (unpaired) electrons. The van der Waals surface area contributed by atoms with E-state index in [4.69, 9.17) is 5.26 Å². The molecular weight excluding hydrogens is 338 g/mol. The topological polar surface area (TPSA) is 64.4 Å². The van der Waals surface area contributed by atoms with Gasteiger partial charge in [0.25, 0.3) is 11.8 Å². The number of imide groups is 1. The van der Waals surface area contributed by atoms with Gasteiger partial charge in [-0.15, -0.1) is 0 Å². The predicted molar refractivity (Wildman–Crippen MR) is 103 cm³/mol. The average molecular weight is 357 g/mol. The summed E-state index contributed by atoms with van der Waals surface area (Å²) in [7, 11) is 0. The number of hydrogen-bond acceptors (Lipinski definition) is 4. The highest BCUT2D eigenvalue weighted by Gasteiger charge is 2.42. The molecule has 27 heavy (non-hydrogen) atoms. The number of carbonyl (C=O) groups excluding carboxylic acids is 2. The largest absolute Gasteiger partial charge is 0.366 e. The lowest BCUT2D eigenvalue weighted by molar-refractivity contribution is -0.120. The van der Waals surface area contributed by atoms with Crippen molar-refractivity contribution in [3.05, 3.63) is 70.9 Å². The lowest BCUT2D eigenvalue weighted by Crippen LogP contribution is -2.34. The summed E-state index contributed by atoms with van der Waals surface area (Å²) in [6.45, 7) is 3.56. The van der Waals surface area contributed by atoms with E-state index >= 15 is 0 Å². The van der Waals surface area contributed by atoms with Gasteiger partial charge in [0.05, 0.1) is 22.9 Å². The van der Waals surface area contributed by atoms with Crippen LogP contribution >= 0.6 is 0 Å². The molecule has 0 spiro atoms. The molecule has 0 bridgehead atoms. The maximum Gasteiger partial charge on any atom is 0.282 e. The summed E-state index contributed by atoms with van der Waals surface area (Å²) in [5, 5.41) is 8.98. The van der Waals surface area contributed by atoms with Crippen LogP contribution in [0.1, 0.15) is 29.5 Å². The van der Waals surface area contributed by atoms with Crippen LogP contribution in [0.2, 0.25) is 0 Å². The number of likely N-dealkylation sites (tertiary alicyclic amines) is 1. The molecule has 5 heteroatoms.